The minimum atomic E-state index is -3.67. The van der Waals surface area contributed by atoms with E-state index in [1.165, 1.54) is 0 Å². The van der Waals surface area contributed by atoms with E-state index < -0.39 is 23.1 Å². The lowest BCUT2D eigenvalue weighted by atomic mass is 10.3. The molecule has 0 aromatic heterocycles. The van der Waals surface area contributed by atoms with Crippen LogP contribution in [0.15, 0.2) is 0 Å². The van der Waals surface area contributed by atoms with Crippen molar-refractivity contribution in [2.24, 2.45) is 0 Å². The highest BCUT2D eigenvalue weighted by atomic mass is 16.8. The van der Waals surface area contributed by atoms with Crippen LogP contribution in [0.3, 0.4) is 0 Å². The summed E-state index contributed by atoms with van der Waals surface area (Å²) in [4.78, 5) is 19.6. The van der Waals surface area contributed by atoms with Crippen molar-refractivity contribution < 1.29 is 29.8 Å². The Labute approximate surface area is 78.9 Å². The van der Waals surface area contributed by atoms with Crippen molar-refractivity contribution >= 4 is 5.97 Å². The van der Waals surface area contributed by atoms with Crippen molar-refractivity contribution in [1.82, 2.24) is 0 Å². The average molecular weight is 209 g/mol. The summed E-state index contributed by atoms with van der Waals surface area (Å²) in [5.41, 5.74) is 0. The topological polar surface area (TPSA) is 130 Å². The number of carbonyl (C=O) groups is 1. The Morgan fingerprint density at radius 1 is 1.57 bits per heavy atom. The number of aliphatic hydroxyl groups is 3. The average Bonchev–Trinajstić information content (AvgIpc) is 1.98. The van der Waals surface area contributed by atoms with Gasteiger partial charge in [-0.1, -0.05) is 6.92 Å². The Hall–Kier alpha value is -1.25. The van der Waals surface area contributed by atoms with Crippen LogP contribution in [0.4, 0.5) is 0 Å². The van der Waals surface area contributed by atoms with Crippen LogP contribution >= 0.6 is 0 Å². The van der Waals surface area contributed by atoms with Gasteiger partial charge in [-0.3, -0.25) is 14.9 Å². The molecule has 82 valence electrons. The standard InChI is InChI=1S/C6H11NO7/c1-2-3-4(8)14-5(7(12)13)6(9,10)11/h5,9-11H,2-3H2,1H3. The summed E-state index contributed by atoms with van der Waals surface area (Å²) < 4.78 is 4.03. The molecule has 0 heterocycles. The second-order valence-electron chi connectivity index (χ2n) is 2.56. The normalized spacial score (nSPS) is 13.4. The molecular weight excluding hydrogens is 198 g/mol. The summed E-state index contributed by atoms with van der Waals surface area (Å²) in [6, 6.07) is 0. The van der Waals surface area contributed by atoms with Gasteiger partial charge in [0.15, 0.2) is 0 Å². The van der Waals surface area contributed by atoms with Crippen LogP contribution in [0.25, 0.3) is 0 Å². The van der Waals surface area contributed by atoms with E-state index in [1.807, 2.05) is 0 Å². The molecule has 0 aliphatic carbocycles. The Morgan fingerprint density at radius 2 is 2.07 bits per heavy atom. The van der Waals surface area contributed by atoms with Gasteiger partial charge >= 0.3 is 18.2 Å². The first-order chi connectivity index (χ1) is 6.29. The lowest BCUT2D eigenvalue weighted by Crippen LogP contribution is -2.49. The number of nitrogens with zero attached hydrogens (tertiary/aromatic N) is 1. The van der Waals surface area contributed by atoms with Crippen molar-refractivity contribution in [2.75, 3.05) is 0 Å². The molecule has 0 radical (unpaired) electrons. The first kappa shape index (κ1) is 12.8. The Balaban J connectivity index is 4.40. The van der Waals surface area contributed by atoms with E-state index in [1.54, 1.807) is 6.92 Å². The molecule has 14 heavy (non-hydrogen) atoms. The van der Waals surface area contributed by atoms with Crippen molar-refractivity contribution in [3.8, 4) is 0 Å². The number of hydrogen-bond acceptors (Lipinski definition) is 7. The summed E-state index contributed by atoms with van der Waals surface area (Å²) in [5.74, 6) is -4.66. The molecule has 1 atom stereocenters. The number of rotatable bonds is 5. The summed E-state index contributed by atoms with van der Waals surface area (Å²) in [6.45, 7) is 1.63. The molecule has 0 rings (SSSR count). The lowest BCUT2D eigenvalue weighted by molar-refractivity contribution is -0.632. The third-order valence-corrected chi connectivity index (χ3v) is 1.22. The second kappa shape index (κ2) is 4.84. The van der Waals surface area contributed by atoms with E-state index in [4.69, 9.17) is 15.3 Å². The van der Waals surface area contributed by atoms with Crippen molar-refractivity contribution in [3.05, 3.63) is 10.1 Å². The number of nitro groups is 1. The maximum absolute atomic E-state index is 10.7. The molecule has 0 fully saturated rings. The molecule has 0 amide bonds. The molecule has 0 spiro atoms. The molecule has 0 aromatic rings. The van der Waals surface area contributed by atoms with Crippen molar-refractivity contribution in [3.63, 3.8) is 0 Å². The summed E-state index contributed by atoms with van der Waals surface area (Å²) >= 11 is 0. The van der Waals surface area contributed by atoms with E-state index in [0.717, 1.165) is 0 Å². The fourth-order valence-corrected chi connectivity index (χ4v) is 0.651. The SMILES string of the molecule is CCCC(=O)OC([N+](=O)[O-])C(O)(O)O. The molecular formula is C6H11NO7. The molecule has 8 nitrogen and oxygen atoms in total. The van der Waals surface area contributed by atoms with Crippen LogP contribution in [0.1, 0.15) is 19.8 Å². The van der Waals surface area contributed by atoms with Crippen LogP contribution in [0.2, 0.25) is 0 Å². The monoisotopic (exact) mass is 209 g/mol. The molecule has 0 bridgehead atoms. The van der Waals surface area contributed by atoms with Gasteiger partial charge in [0.25, 0.3) is 0 Å². The van der Waals surface area contributed by atoms with Gasteiger partial charge in [0.2, 0.25) is 0 Å². The van der Waals surface area contributed by atoms with E-state index in [0.29, 0.717) is 6.42 Å². The van der Waals surface area contributed by atoms with Gasteiger partial charge in [0.05, 0.1) is 4.92 Å². The van der Waals surface area contributed by atoms with Gasteiger partial charge in [-0.2, -0.15) is 0 Å². The van der Waals surface area contributed by atoms with E-state index >= 15 is 0 Å². The summed E-state index contributed by atoms with van der Waals surface area (Å²) in [7, 11) is 0. The Morgan fingerprint density at radius 3 is 2.36 bits per heavy atom. The zero-order valence-electron chi connectivity index (χ0n) is 7.41. The zero-order valence-corrected chi connectivity index (χ0v) is 7.41. The number of esters is 1. The van der Waals surface area contributed by atoms with Gasteiger partial charge < -0.3 is 20.1 Å². The highest BCUT2D eigenvalue weighted by molar-refractivity contribution is 5.69. The van der Waals surface area contributed by atoms with Crippen molar-refractivity contribution in [2.45, 2.75) is 32.0 Å². The molecule has 8 heteroatoms. The van der Waals surface area contributed by atoms with Crippen LogP contribution in [0.5, 0.6) is 0 Å². The third-order valence-electron chi connectivity index (χ3n) is 1.22. The maximum atomic E-state index is 10.7. The minimum absolute atomic E-state index is 0.111. The smallest absolute Gasteiger partial charge is 0.392 e. The lowest BCUT2D eigenvalue weighted by Gasteiger charge is -2.17. The van der Waals surface area contributed by atoms with Gasteiger partial charge in [-0.05, 0) is 6.42 Å². The molecule has 0 aliphatic heterocycles. The molecule has 1 unspecified atom stereocenters. The van der Waals surface area contributed by atoms with Crippen LogP contribution in [0, 0.1) is 10.1 Å². The summed E-state index contributed by atoms with van der Waals surface area (Å²) in [6.07, 6.45) is -2.32. The van der Waals surface area contributed by atoms with E-state index in [9.17, 15) is 14.9 Å². The third kappa shape index (κ3) is 4.12. The largest absolute Gasteiger partial charge is 0.437 e. The first-order valence-corrected chi connectivity index (χ1v) is 3.79. The molecule has 0 aliphatic rings. The predicted octanol–water partition coefficient (Wildman–Crippen LogP) is -1.44. The van der Waals surface area contributed by atoms with Crippen molar-refractivity contribution in [1.29, 1.82) is 0 Å². The zero-order chi connectivity index (χ0) is 11.4. The van der Waals surface area contributed by atoms with Crippen LogP contribution < -0.4 is 0 Å². The van der Waals surface area contributed by atoms with Crippen LogP contribution in [-0.2, 0) is 9.53 Å². The minimum Gasteiger partial charge on any atom is -0.392 e. The van der Waals surface area contributed by atoms with Gasteiger partial charge in [-0.15, -0.1) is 0 Å². The van der Waals surface area contributed by atoms with Crippen LogP contribution in [-0.4, -0.2) is 38.4 Å². The molecule has 0 saturated carbocycles. The van der Waals surface area contributed by atoms with Gasteiger partial charge in [0.1, 0.15) is 0 Å². The fraction of sp³-hybridized carbons (Fsp3) is 0.833. The van der Waals surface area contributed by atoms with Gasteiger partial charge in [-0.25, -0.2) is 0 Å². The molecule has 3 N–H and O–H groups in total. The maximum Gasteiger partial charge on any atom is 0.437 e. The highest BCUT2D eigenvalue weighted by Gasteiger charge is 2.46. The molecule has 0 aromatic carbocycles. The van der Waals surface area contributed by atoms with Gasteiger partial charge in [0, 0.05) is 6.42 Å². The highest BCUT2D eigenvalue weighted by Crippen LogP contribution is 2.09. The Kier molecular flexibility index (Phi) is 4.41. The van der Waals surface area contributed by atoms with E-state index in [2.05, 4.69) is 4.74 Å². The Bertz CT molecular complexity index is 221. The number of ether oxygens (including phenoxy) is 1. The van der Waals surface area contributed by atoms with E-state index in [-0.39, 0.29) is 6.42 Å². The summed E-state index contributed by atoms with van der Waals surface area (Å²) in [5, 5.41) is 35.5. The fourth-order valence-electron chi connectivity index (χ4n) is 0.651. The number of hydrogen-bond donors (Lipinski definition) is 3. The first-order valence-electron chi connectivity index (χ1n) is 3.79. The molecule has 0 saturated heterocycles. The predicted molar refractivity (Wildman–Crippen MR) is 41.2 cm³/mol. The quantitative estimate of drug-likeness (QED) is 0.219. The number of carbonyl (C=O) groups excluding carboxylic acids is 1. The second-order valence-corrected chi connectivity index (χ2v) is 2.56.